The highest BCUT2D eigenvalue weighted by Gasteiger charge is 2.39. The third kappa shape index (κ3) is 6.54. The summed E-state index contributed by atoms with van der Waals surface area (Å²) >= 11 is 0. The average molecular weight is 276 g/mol. The van der Waals surface area contributed by atoms with Gasteiger partial charge in [-0.3, -0.25) is 9.59 Å². The van der Waals surface area contributed by atoms with E-state index in [9.17, 15) is 9.59 Å². The van der Waals surface area contributed by atoms with E-state index >= 15 is 0 Å². The summed E-state index contributed by atoms with van der Waals surface area (Å²) in [6.07, 6.45) is -0.619. The zero-order valence-corrected chi connectivity index (χ0v) is 12.5. The van der Waals surface area contributed by atoms with E-state index in [0.29, 0.717) is 13.2 Å². The molecule has 1 atom stereocenters. The minimum absolute atomic E-state index is 0.125. The zero-order valence-electron chi connectivity index (χ0n) is 12.5. The standard InChI is InChI=1S/C13H24O6/c1-9(2)17-7-8-18-10(3)19-12(15)13(4,5)11(14)16-6/h9-10H,7-8H2,1-6H3. The normalized spacial score (nSPS) is 13.2. The number of carbonyl (C=O) groups excluding carboxylic acids is 2. The Kier molecular flexibility index (Phi) is 7.63. The summed E-state index contributed by atoms with van der Waals surface area (Å²) < 4.78 is 20.1. The maximum atomic E-state index is 11.8. The minimum atomic E-state index is -1.35. The molecule has 0 aliphatic heterocycles. The van der Waals surface area contributed by atoms with E-state index in [0.717, 1.165) is 0 Å². The first-order chi connectivity index (χ1) is 8.71. The molecule has 0 fully saturated rings. The molecule has 6 nitrogen and oxygen atoms in total. The van der Waals surface area contributed by atoms with Gasteiger partial charge in [-0.25, -0.2) is 0 Å². The largest absolute Gasteiger partial charge is 0.468 e. The fourth-order valence-electron chi connectivity index (χ4n) is 1.17. The van der Waals surface area contributed by atoms with Gasteiger partial charge in [-0.15, -0.1) is 0 Å². The number of esters is 2. The molecule has 0 aromatic heterocycles. The molecule has 0 rings (SSSR count). The monoisotopic (exact) mass is 276 g/mol. The van der Waals surface area contributed by atoms with Gasteiger partial charge in [0.05, 0.1) is 26.4 Å². The lowest BCUT2D eigenvalue weighted by Crippen LogP contribution is -2.38. The quantitative estimate of drug-likeness (QED) is 0.290. The lowest BCUT2D eigenvalue weighted by atomic mass is 9.94. The number of rotatable bonds is 8. The topological polar surface area (TPSA) is 71.1 Å². The fourth-order valence-corrected chi connectivity index (χ4v) is 1.17. The first kappa shape index (κ1) is 17.9. The van der Waals surface area contributed by atoms with Gasteiger partial charge in [0.2, 0.25) is 0 Å². The van der Waals surface area contributed by atoms with Crippen molar-refractivity contribution in [3.05, 3.63) is 0 Å². The van der Waals surface area contributed by atoms with Crippen molar-refractivity contribution in [2.75, 3.05) is 20.3 Å². The average Bonchev–Trinajstić information content (AvgIpc) is 2.33. The van der Waals surface area contributed by atoms with Crippen LogP contribution in [-0.4, -0.2) is 44.7 Å². The molecule has 0 saturated heterocycles. The van der Waals surface area contributed by atoms with Gasteiger partial charge in [0.25, 0.3) is 0 Å². The maximum absolute atomic E-state index is 11.8. The van der Waals surface area contributed by atoms with Crippen LogP contribution in [0.2, 0.25) is 0 Å². The third-order valence-electron chi connectivity index (χ3n) is 2.37. The highest BCUT2D eigenvalue weighted by Crippen LogP contribution is 2.20. The van der Waals surface area contributed by atoms with E-state index in [1.165, 1.54) is 21.0 Å². The number of carbonyl (C=O) groups is 2. The van der Waals surface area contributed by atoms with Crippen LogP contribution >= 0.6 is 0 Å². The van der Waals surface area contributed by atoms with E-state index in [1.54, 1.807) is 6.92 Å². The highest BCUT2D eigenvalue weighted by atomic mass is 16.7. The smallest absolute Gasteiger partial charge is 0.325 e. The van der Waals surface area contributed by atoms with Crippen molar-refractivity contribution >= 4 is 11.9 Å². The molecule has 0 aromatic carbocycles. The molecule has 0 amide bonds. The molecule has 19 heavy (non-hydrogen) atoms. The van der Waals surface area contributed by atoms with Crippen molar-refractivity contribution < 1.29 is 28.5 Å². The Morgan fingerprint density at radius 1 is 1.00 bits per heavy atom. The van der Waals surface area contributed by atoms with Crippen LogP contribution in [0.25, 0.3) is 0 Å². The summed E-state index contributed by atoms with van der Waals surface area (Å²) in [6, 6.07) is 0. The van der Waals surface area contributed by atoms with Gasteiger partial charge >= 0.3 is 11.9 Å². The van der Waals surface area contributed by atoms with Crippen LogP contribution in [0.1, 0.15) is 34.6 Å². The summed E-state index contributed by atoms with van der Waals surface area (Å²) in [6.45, 7) is 9.03. The highest BCUT2D eigenvalue weighted by molar-refractivity contribution is 5.99. The van der Waals surface area contributed by atoms with Crippen molar-refractivity contribution in [2.45, 2.75) is 47.0 Å². The molecule has 0 aliphatic rings. The van der Waals surface area contributed by atoms with Crippen molar-refractivity contribution in [1.82, 2.24) is 0 Å². The molecule has 112 valence electrons. The Bertz CT molecular complexity index is 298. The SMILES string of the molecule is COC(=O)C(C)(C)C(=O)OC(C)OCCOC(C)C. The Morgan fingerprint density at radius 3 is 2.00 bits per heavy atom. The molecule has 0 radical (unpaired) electrons. The number of methoxy groups -OCH3 is 1. The number of hydrogen-bond donors (Lipinski definition) is 0. The van der Waals surface area contributed by atoms with E-state index in [-0.39, 0.29) is 6.10 Å². The van der Waals surface area contributed by atoms with Gasteiger partial charge < -0.3 is 18.9 Å². The summed E-state index contributed by atoms with van der Waals surface area (Å²) in [7, 11) is 1.22. The van der Waals surface area contributed by atoms with Crippen LogP contribution in [0.4, 0.5) is 0 Å². The molecule has 0 aromatic rings. The molecule has 0 N–H and O–H groups in total. The lowest BCUT2D eigenvalue weighted by Gasteiger charge is -2.22. The molecule has 0 spiro atoms. The van der Waals surface area contributed by atoms with Crippen LogP contribution in [0.5, 0.6) is 0 Å². The van der Waals surface area contributed by atoms with Crippen LogP contribution in [0.3, 0.4) is 0 Å². The molecular weight excluding hydrogens is 252 g/mol. The van der Waals surface area contributed by atoms with E-state index in [1.807, 2.05) is 13.8 Å². The zero-order chi connectivity index (χ0) is 15.1. The van der Waals surface area contributed by atoms with Crippen LogP contribution in [-0.2, 0) is 28.5 Å². The molecule has 0 heterocycles. The van der Waals surface area contributed by atoms with E-state index in [2.05, 4.69) is 4.74 Å². The number of hydrogen-bond acceptors (Lipinski definition) is 6. The van der Waals surface area contributed by atoms with E-state index < -0.39 is 23.6 Å². The third-order valence-corrected chi connectivity index (χ3v) is 2.37. The van der Waals surface area contributed by atoms with Crippen LogP contribution < -0.4 is 0 Å². The fraction of sp³-hybridized carbons (Fsp3) is 0.846. The molecular formula is C13H24O6. The Labute approximate surface area is 114 Å². The minimum Gasteiger partial charge on any atom is -0.468 e. The second-order valence-electron chi connectivity index (χ2n) is 4.88. The predicted molar refractivity (Wildman–Crippen MR) is 68.4 cm³/mol. The van der Waals surface area contributed by atoms with Crippen molar-refractivity contribution in [2.24, 2.45) is 5.41 Å². The second-order valence-corrected chi connectivity index (χ2v) is 4.88. The summed E-state index contributed by atoms with van der Waals surface area (Å²) in [5.74, 6) is -1.33. The second kappa shape index (κ2) is 8.12. The van der Waals surface area contributed by atoms with Crippen molar-refractivity contribution in [3.8, 4) is 0 Å². The van der Waals surface area contributed by atoms with Gasteiger partial charge in [-0.2, -0.15) is 0 Å². The first-order valence-electron chi connectivity index (χ1n) is 6.24. The lowest BCUT2D eigenvalue weighted by molar-refractivity contribution is -0.191. The predicted octanol–water partition coefficient (Wildman–Crippen LogP) is 1.52. The van der Waals surface area contributed by atoms with Gasteiger partial charge in [0.15, 0.2) is 11.7 Å². The maximum Gasteiger partial charge on any atom is 0.325 e. The number of ether oxygens (including phenoxy) is 4. The first-order valence-corrected chi connectivity index (χ1v) is 6.24. The summed E-state index contributed by atoms with van der Waals surface area (Å²) in [5, 5.41) is 0. The van der Waals surface area contributed by atoms with Crippen LogP contribution in [0.15, 0.2) is 0 Å². The van der Waals surface area contributed by atoms with Crippen molar-refractivity contribution in [3.63, 3.8) is 0 Å². The van der Waals surface area contributed by atoms with Crippen molar-refractivity contribution in [1.29, 1.82) is 0 Å². The Hall–Kier alpha value is -1.14. The summed E-state index contributed by atoms with van der Waals surface area (Å²) in [4.78, 5) is 23.2. The Morgan fingerprint density at radius 2 is 1.53 bits per heavy atom. The Balaban J connectivity index is 4.08. The van der Waals surface area contributed by atoms with Gasteiger partial charge in [-0.05, 0) is 34.6 Å². The molecule has 0 bridgehead atoms. The molecule has 6 heteroatoms. The molecule has 0 aliphatic carbocycles. The molecule has 1 unspecified atom stereocenters. The van der Waals surface area contributed by atoms with Gasteiger partial charge in [-0.1, -0.05) is 0 Å². The van der Waals surface area contributed by atoms with Gasteiger partial charge in [0.1, 0.15) is 0 Å². The van der Waals surface area contributed by atoms with Gasteiger partial charge in [0, 0.05) is 0 Å². The van der Waals surface area contributed by atoms with E-state index in [4.69, 9.17) is 14.2 Å². The summed E-state index contributed by atoms with van der Waals surface area (Å²) in [5.41, 5.74) is -1.35. The van der Waals surface area contributed by atoms with Crippen LogP contribution in [0, 0.1) is 5.41 Å². The molecule has 0 saturated carbocycles.